The summed E-state index contributed by atoms with van der Waals surface area (Å²) in [5.41, 5.74) is 6.44. The maximum atomic E-state index is 5.53. The molecular weight excluding hydrogens is 164 g/mol. The van der Waals surface area contributed by atoms with Crippen LogP contribution in [0, 0.1) is 6.92 Å². The van der Waals surface area contributed by atoms with Gasteiger partial charge in [-0.15, -0.1) is 0 Å². The molecule has 2 rings (SSSR count). The Hall–Kier alpha value is -1.32. The monoisotopic (exact) mass is 178 g/mol. The molecule has 1 aromatic rings. The van der Waals surface area contributed by atoms with E-state index in [2.05, 4.69) is 15.3 Å². The van der Waals surface area contributed by atoms with Crippen LogP contribution in [0.5, 0.6) is 0 Å². The van der Waals surface area contributed by atoms with Crippen LogP contribution in [-0.2, 0) is 0 Å². The molecule has 1 aliphatic rings. The summed E-state index contributed by atoms with van der Waals surface area (Å²) in [6, 6.07) is 2.52. The molecule has 1 fully saturated rings. The molecule has 1 heterocycles. The van der Waals surface area contributed by atoms with Gasteiger partial charge in [0.1, 0.15) is 5.82 Å². The minimum Gasteiger partial charge on any atom is -0.368 e. The fourth-order valence-electron chi connectivity index (χ4n) is 1.43. The molecular formula is C9H14N4. The molecule has 0 spiro atoms. The van der Waals surface area contributed by atoms with E-state index in [0.717, 1.165) is 11.5 Å². The van der Waals surface area contributed by atoms with Crippen LogP contribution >= 0.6 is 0 Å². The van der Waals surface area contributed by atoms with Crippen LogP contribution in [0.15, 0.2) is 6.07 Å². The molecule has 0 aromatic carbocycles. The SMILES string of the molecule is Cc1cc(NC2CCC2)nc(N)n1. The Morgan fingerprint density at radius 3 is 2.77 bits per heavy atom. The first-order chi connectivity index (χ1) is 6.24. The number of anilines is 2. The average molecular weight is 178 g/mol. The topological polar surface area (TPSA) is 63.8 Å². The highest BCUT2D eigenvalue weighted by Gasteiger charge is 2.17. The van der Waals surface area contributed by atoms with Gasteiger partial charge in [0.15, 0.2) is 0 Å². The largest absolute Gasteiger partial charge is 0.368 e. The summed E-state index contributed by atoms with van der Waals surface area (Å²) in [6.45, 7) is 1.92. The number of nitrogens with two attached hydrogens (primary N) is 1. The van der Waals surface area contributed by atoms with Gasteiger partial charge in [-0.05, 0) is 26.2 Å². The lowest BCUT2D eigenvalue weighted by atomic mass is 9.93. The minimum absolute atomic E-state index is 0.349. The lowest BCUT2D eigenvalue weighted by Crippen LogP contribution is -2.27. The van der Waals surface area contributed by atoms with Gasteiger partial charge in [0.05, 0.1) is 0 Å². The van der Waals surface area contributed by atoms with Crippen molar-refractivity contribution in [3.8, 4) is 0 Å². The summed E-state index contributed by atoms with van der Waals surface area (Å²) in [5, 5.41) is 3.33. The molecule has 4 nitrogen and oxygen atoms in total. The van der Waals surface area contributed by atoms with Gasteiger partial charge in [0, 0.05) is 17.8 Å². The summed E-state index contributed by atoms with van der Waals surface area (Å²) in [6.07, 6.45) is 3.79. The molecule has 0 atom stereocenters. The van der Waals surface area contributed by atoms with Gasteiger partial charge in [-0.2, -0.15) is 4.98 Å². The summed E-state index contributed by atoms with van der Waals surface area (Å²) in [7, 11) is 0. The maximum Gasteiger partial charge on any atom is 0.222 e. The number of nitrogens with zero attached hydrogens (tertiary/aromatic N) is 2. The van der Waals surface area contributed by atoms with Gasteiger partial charge >= 0.3 is 0 Å². The molecule has 1 aromatic heterocycles. The zero-order chi connectivity index (χ0) is 9.26. The Morgan fingerprint density at radius 1 is 1.46 bits per heavy atom. The van der Waals surface area contributed by atoms with Crippen molar-refractivity contribution in [1.82, 2.24) is 9.97 Å². The first-order valence-corrected chi connectivity index (χ1v) is 4.62. The van der Waals surface area contributed by atoms with E-state index in [1.807, 2.05) is 13.0 Å². The van der Waals surface area contributed by atoms with Crippen LogP contribution in [0.1, 0.15) is 25.0 Å². The van der Waals surface area contributed by atoms with Crippen molar-refractivity contribution < 1.29 is 0 Å². The molecule has 0 unspecified atom stereocenters. The van der Waals surface area contributed by atoms with E-state index in [9.17, 15) is 0 Å². The van der Waals surface area contributed by atoms with Gasteiger partial charge in [-0.1, -0.05) is 0 Å². The smallest absolute Gasteiger partial charge is 0.222 e. The Kier molecular flexibility index (Phi) is 2.04. The highest BCUT2D eigenvalue weighted by molar-refractivity contribution is 5.41. The van der Waals surface area contributed by atoms with Crippen molar-refractivity contribution in [2.24, 2.45) is 0 Å². The predicted octanol–water partition coefficient (Wildman–Crippen LogP) is 1.33. The van der Waals surface area contributed by atoms with Crippen LogP contribution in [-0.4, -0.2) is 16.0 Å². The van der Waals surface area contributed by atoms with Crippen molar-refractivity contribution in [2.45, 2.75) is 32.2 Å². The molecule has 13 heavy (non-hydrogen) atoms. The first kappa shape index (κ1) is 8.29. The van der Waals surface area contributed by atoms with Crippen molar-refractivity contribution in [2.75, 3.05) is 11.1 Å². The second-order valence-electron chi connectivity index (χ2n) is 3.52. The third-order valence-electron chi connectivity index (χ3n) is 2.33. The van der Waals surface area contributed by atoms with Crippen LogP contribution in [0.4, 0.5) is 11.8 Å². The summed E-state index contributed by atoms with van der Waals surface area (Å²) >= 11 is 0. The second-order valence-corrected chi connectivity index (χ2v) is 3.52. The molecule has 3 N–H and O–H groups in total. The molecule has 4 heteroatoms. The maximum absolute atomic E-state index is 5.53. The molecule has 1 aliphatic carbocycles. The summed E-state index contributed by atoms with van der Waals surface area (Å²) < 4.78 is 0. The quantitative estimate of drug-likeness (QED) is 0.717. The number of nitrogen functional groups attached to an aromatic ring is 1. The van der Waals surface area contributed by atoms with E-state index in [0.29, 0.717) is 12.0 Å². The zero-order valence-corrected chi connectivity index (χ0v) is 7.75. The number of aryl methyl sites for hydroxylation is 1. The Morgan fingerprint density at radius 2 is 2.23 bits per heavy atom. The third-order valence-corrected chi connectivity index (χ3v) is 2.33. The van der Waals surface area contributed by atoms with Crippen LogP contribution in [0.25, 0.3) is 0 Å². The van der Waals surface area contributed by atoms with Crippen molar-refractivity contribution in [1.29, 1.82) is 0 Å². The Labute approximate surface area is 77.6 Å². The lowest BCUT2D eigenvalue weighted by Gasteiger charge is -2.26. The third kappa shape index (κ3) is 1.88. The molecule has 1 saturated carbocycles. The number of aromatic nitrogens is 2. The second kappa shape index (κ2) is 3.20. The standard InChI is InChI=1S/C9H14N4/c1-6-5-8(13-9(10)11-6)12-7-3-2-4-7/h5,7H,2-4H2,1H3,(H3,10,11,12,13). The summed E-state index contributed by atoms with van der Waals surface area (Å²) in [4.78, 5) is 8.12. The fourth-order valence-corrected chi connectivity index (χ4v) is 1.43. The van der Waals surface area contributed by atoms with E-state index in [4.69, 9.17) is 5.73 Å². The lowest BCUT2D eigenvalue weighted by molar-refractivity contribution is 0.444. The number of nitrogens with one attached hydrogen (secondary N) is 1. The number of hydrogen-bond donors (Lipinski definition) is 2. The number of rotatable bonds is 2. The summed E-state index contributed by atoms with van der Waals surface area (Å²) in [5.74, 6) is 1.21. The Balaban J connectivity index is 2.10. The Bertz CT molecular complexity index is 286. The van der Waals surface area contributed by atoms with E-state index in [1.54, 1.807) is 0 Å². The highest BCUT2D eigenvalue weighted by Crippen LogP contribution is 2.22. The molecule has 0 amide bonds. The van der Waals surface area contributed by atoms with Crippen molar-refractivity contribution in [3.63, 3.8) is 0 Å². The van der Waals surface area contributed by atoms with Gasteiger partial charge in [-0.25, -0.2) is 4.98 Å². The van der Waals surface area contributed by atoms with Crippen molar-refractivity contribution >= 4 is 11.8 Å². The van der Waals surface area contributed by atoms with Crippen LogP contribution in [0.2, 0.25) is 0 Å². The van der Waals surface area contributed by atoms with E-state index < -0.39 is 0 Å². The van der Waals surface area contributed by atoms with Gasteiger partial charge < -0.3 is 11.1 Å². The van der Waals surface area contributed by atoms with Gasteiger partial charge in [-0.3, -0.25) is 0 Å². The van der Waals surface area contributed by atoms with Gasteiger partial charge in [0.25, 0.3) is 0 Å². The van der Waals surface area contributed by atoms with Crippen molar-refractivity contribution in [3.05, 3.63) is 11.8 Å². The average Bonchev–Trinajstić information content (AvgIpc) is 1.95. The predicted molar refractivity (Wildman–Crippen MR) is 52.4 cm³/mol. The molecule has 0 saturated heterocycles. The van der Waals surface area contributed by atoms with Crippen LogP contribution < -0.4 is 11.1 Å². The number of hydrogen-bond acceptors (Lipinski definition) is 4. The normalized spacial score (nSPS) is 16.7. The fraction of sp³-hybridized carbons (Fsp3) is 0.556. The zero-order valence-electron chi connectivity index (χ0n) is 7.75. The van der Waals surface area contributed by atoms with E-state index in [-0.39, 0.29) is 0 Å². The van der Waals surface area contributed by atoms with Gasteiger partial charge in [0.2, 0.25) is 5.95 Å². The molecule has 0 bridgehead atoms. The van der Waals surface area contributed by atoms with Crippen LogP contribution in [0.3, 0.4) is 0 Å². The van der Waals surface area contributed by atoms with E-state index in [1.165, 1.54) is 19.3 Å². The molecule has 0 radical (unpaired) electrons. The molecule has 70 valence electrons. The first-order valence-electron chi connectivity index (χ1n) is 4.62. The minimum atomic E-state index is 0.349. The highest BCUT2D eigenvalue weighted by atomic mass is 15.1. The molecule has 0 aliphatic heterocycles. The van der Waals surface area contributed by atoms with E-state index >= 15 is 0 Å².